The van der Waals surface area contributed by atoms with Crippen LogP contribution >= 0.6 is 12.2 Å². The molecular formula is C24H21N3O3S. The number of carbonyl (C=O) groups excluding carboxylic acids is 1. The molecule has 0 spiro atoms. The fourth-order valence-corrected chi connectivity index (χ4v) is 3.62. The Balaban J connectivity index is 1.51. The van der Waals surface area contributed by atoms with Gasteiger partial charge >= 0.3 is 0 Å². The highest BCUT2D eigenvalue weighted by Crippen LogP contribution is 2.34. The molecule has 0 aliphatic heterocycles. The van der Waals surface area contributed by atoms with Crippen LogP contribution in [0.3, 0.4) is 0 Å². The summed E-state index contributed by atoms with van der Waals surface area (Å²) in [7, 11) is 0. The minimum absolute atomic E-state index is 0.0329. The van der Waals surface area contributed by atoms with Crippen LogP contribution in [0.25, 0.3) is 22.6 Å². The minimum atomic E-state index is -0.215. The van der Waals surface area contributed by atoms with Gasteiger partial charge in [0.25, 0.3) is 0 Å². The Hall–Kier alpha value is -3.71. The summed E-state index contributed by atoms with van der Waals surface area (Å²) in [4.78, 5) is 16.7. The van der Waals surface area contributed by atoms with Crippen LogP contribution in [0.4, 0.5) is 5.69 Å². The molecule has 0 saturated carbocycles. The van der Waals surface area contributed by atoms with Gasteiger partial charge in [0.1, 0.15) is 11.3 Å². The molecule has 0 unspecified atom stereocenters. The molecule has 6 nitrogen and oxygen atoms in total. The van der Waals surface area contributed by atoms with Crippen molar-refractivity contribution in [3.8, 4) is 17.2 Å². The topological polar surface area (TPSA) is 87.4 Å². The second-order valence-corrected chi connectivity index (χ2v) is 7.75. The van der Waals surface area contributed by atoms with Gasteiger partial charge in [0.2, 0.25) is 11.8 Å². The van der Waals surface area contributed by atoms with Gasteiger partial charge in [0.15, 0.2) is 10.7 Å². The number of thiocarbonyl (C=S) groups is 1. The summed E-state index contributed by atoms with van der Waals surface area (Å²) in [6.07, 6.45) is 0.227. The van der Waals surface area contributed by atoms with E-state index < -0.39 is 0 Å². The van der Waals surface area contributed by atoms with Crippen molar-refractivity contribution < 1.29 is 14.3 Å². The van der Waals surface area contributed by atoms with E-state index in [-0.39, 0.29) is 23.2 Å². The van der Waals surface area contributed by atoms with Gasteiger partial charge in [0, 0.05) is 5.69 Å². The van der Waals surface area contributed by atoms with E-state index in [1.165, 1.54) is 6.07 Å². The molecule has 3 N–H and O–H groups in total. The average molecular weight is 432 g/mol. The van der Waals surface area contributed by atoms with Crippen LogP contribution in [0.2, 0.25) is 0 Å². The van der Waals surface area contributed by atoms with Crippen molar-refractivity contribution in [2.24, 2.45) is 0 Å². The third kappa shape index (κ3) is 4.73. The largest absolute Gasteiger partial charge is 0.507 e. The predicted octanol–water partition coefficient (Wildman–Crippen LogP) is 4.87. The highest BCUT2D eigenvalue weighted by molar-refractivity contribution is 7.80. The van der Waals surface area contributed by atoms with E-state index in [2.05, 4.69) is 15.6 Å². The number of benzene rings is 3. The van der Waals surface area contributed by atoms with Gasteiger partial charge < -0.3 is 20.2 Å². The molecule has 0 bridgehead atoms. The number of hydrogen-bond donors (Lipinski definition) is 3. The van der Waals surface area contributed by atoms with E-state index in [4.69, 9.17) is 16.6 Å². The number of phenolic OH excluding ortho intramolecular Hbond substituents is 1. The first kappa shape index (κ1) is 20.6. The Morgan fingerprint density at radius 2 is 1.87 bits per heavy atom. The number of phenols is 1. The molecule has 4 rings (SSSR count). The molecule has 0 fully saturated rings. The fourth-order valence-electron chi connectivity index (χ4n) is 3.39. The fraction of sp³-hybridized carbons (Fsp3) is 0.125. The molecule has 1 amide bonds. The highest BCUT2D eigenvalue weighted by Gasteiger charge is 2.15. The molecule has 7 heteroatoms. The number of amides is 1. The number of rotatable bonds is 4. The van der Waals surface area contributed by atoms with Crippen molar-refractivity contribution in [2.45, 2.75) is 20.3 Å². The number of aromatic hydroxyl groups is 1. The number of nitrogens with zero attached hydrogens (tertiary/aromatic N) is 1. The smallest absolute Gasteiger partial charge is 0.231 e. The molecule has 0 atom stereocenters. The minimum Gasteiger partial charge on any atom is -0.507 e. The van der Waals surface area contributed by atoms with Gasteiger partial charge in [0.05, 0.1) is 12.0 Å². The molecule has 31 heavy (non-hydrogen) atoms. The van der Waals surface area contributed by atoms with Crippen molar-refractivity contribution in [2.75, 3.05) is 5.32 Å². The third-order valence-electron chi connectivity index (χ3n) is 4.77. The molecular weight excluding hydrogens is 410 g/mol. The zero-order valence-corrected chi connectivity index (χ0v) is 17.9. The summed E-state index contributed by atoms with van der Waals surface area (Å²) in [6.45, 7) is 3.95. The van der Waals surface area contributed by atoms with E-state index >= 15 is 0 Å². The molecule has 3 aromatic carbocycles. The Labute approximate surface area is 184 Å². The monoisotopic (exact) mass is 431 g/mol. The summed E-state index contributed by atoms with van der Waals surface area (Å²) in [6, 6.07) is 18.2. The van der Waals surface area contributed by atoms with E-state index in [9.17, 15) is 9.90 Å². The summed E-state index contributed by atoms with van der Waals surface area (Å²) < 4.78 is 5.91. The first-order chi connectivity index (χ1) is 14.9. The van der Waals surface area contributed by atoms with Crippen molar-refractivity contribution in [1.29, 1.82) is 0 Å². The molecule has 0 aliphatic carbocycles. The second-order valence-electron chi connectivity index (χ2n) is 7.35. The lowest BCUT2D eigenvalue weighted by Gasteiger charge is -2.11. The molecule has 0 radical (unpaired) electrons. The Kier molecular flexibility index (Phi) is 5.68. The van der Waals surface area contributed by atoms with Gasteiger partial charge in [-0.25, -0.2) is 4.98 Å². The number of nitrogens with one attached hydrogen (secondary N) is 2. The third-order valence-corrected chi connectivity index (χ3v) is 4.97. The summed E-state index contributed by atoms with van der Waals surface area (Å²) in [5.41, 5.74) is 5.39. The van der Waals surface area contributed by atoms with Crippen LogP contribution in [0.5, 0.6) is 5.75 Å². The first-order valence-corrected chi connectivity index (χ1v) is 10.2. The van der Waals surface area contributed by atoms with Crippen LogP contribution in [-0.4, -0.2) is 21.1 Å². The van der Waals surface area contributed by atoms with Crippen LogP contribution in [0.15, 0.2) is 65.1 Å². The maximum absolute atomic E-state index is 12.2. The van der Waals surface area contributed by atoms with Gasteiger partial charge in [-0.15, -0.1) is 0 Å². The molecule has 0 aliphatic rings. The maximum Gasteiger partial charge on any atom is 0.231 e. The van der Waals surface area contributed by atoms with Crippen molar-refractivity contribution in [1.82, 2.24) is 10.3 Å². The lowest BCUT2D eigenvalue weighted by molar-refractivity contribution is -0.119. The van der Waals surface area contributed by atoms with Crippen molar-refractivity contribution in [3.63, 3.8) is 0 Å². The molecule has 1 aromatic heterocycles. The van der Waals surface area contributed by atoms with E-state index in [0.29, 0.717) is 22.7 Å². The first-order valence-electron chi connectivity index (χ1n) is 9.75. The zero-order valence-electron chi connectivity index (χ0n) is 17.1. The lowest BCUT2D eigenvalue weighted by atomic mass is 10.1. The van der Waals surface area contributed by atoms with Gasteiger partial charge in [-0.2, -0.15) is 0 Å². The number of anilines is 1. The number of carbonyl (C=O) groups is 1. The maximum atomic E-state index is 12.2. The Bertz CT molecular complexity index is 1280. The Morgan fingerprint density at radius 1 is 1.10 bits per heavy atom. The van der Waals surface area contributed by atoms with E-state index in [0.717, 1.165) is 22.2 Å². The van der Waals surface area contributed by atoms with Crippen molar-refractivity contribution in [3.05, 3.63) is 77.4 Å². The molecule has 1 heterocycles. The second kappa shape index (κ2) is 8.57. The van der Waals surface area contributed by atoms with E-state index in [1.807, 2.05) is 56.3 Å². The summed E-state index contributed by atoms with van der Waals surface area (Å²) in [5.74, 6) is 0.127. The van der Waals surface area contributed by atoms with Crippen molar-refractivity contribution >= 4 is 40.0 Å². The van der Waals surface area contributed by atoms with Gasteiger partial charge in [-0.05, 0) is 67.0 Å². The summed E-state index contributed by atoms with van der Waals surface area (Å²) >= 11 is 5.26. The van der Waals surface area contributed by atoms with E-state index in [1.54, 1.807) is 12.1 Å². The van der Waals surface area contributed by atoms with Crippen LogP contribution in [-0.2, 0) is 11.2 Å². The number of hydrogen-bond acceptors (Lipinski definition) is 5. The SMILES string of the molecule is Cc1cc(C)c2oc(-c3cc(NC(=S)NC(=O)Cc4ccccc4)ccc3O)nc2c1. The highest BCUT2D eigenvalue weighted by atomic mass is 32.1. The predicted molar refractivity (Wildman–Crippen MR) is 125 cm³/mol. The number of aryl methyl sites for hydroxylation is 2. The van der Waals surface area contributed by atoms with Gasteiger partial charge in [-0.3, -0.25) is 4.79 Å². The standard InChI is InChI=1S/C24H21N3O3S/c1-14-10-15(2)22-19(11-14)26-23(30-22)18-13-17(8-9-20(18)28)25-24(31)27-21(29)12-16-6-4-3-5-7-16/h3-11,13,28H,12H2,1-2H3,(H2,25,27,29,31). The zero-order chi connectivity index (χ0) is 22.0. The normalized spacial score (nSPS) is 10.8. The average Bonchev–Trinajstić information content (AvgIpc) is 3.14. The van der Waals surface area contributed by atoms with Crippen LogP contribution in [0.1, 0.15) is 16.7 Å². The quantitative estimate of drug-likeness (QED) is 0.316. The Morgan fingerprint density at radius 3 is 2.65 bits per heavy atom. The van der Waals surface area contributed by atoms with Gasteiger partial charge in [-0.1, -0.05) is 36.4 Å². The lowest BCUT2D eigenvalue weighted by Crippen LogP contribution is -2.35. The number of fused-ring (bicyclic) bond motifs is 1. The van der Waals surface area contributed by atoms with Crippen LogP contribution < -0.4 is 10.6 Å². The molecule has 0 saturated heterocycles. The number of aromatic nitrogens is 1. The number of oxazole rings is 1. The molecule has 156 valence electrons. The summed E-state index contributed by atoms with van der Waals surface area (Å²) in [5, 5.41) is 16.2. The molecule has 4 aromatic rings. The van der Waals surface area contributed by atoms with Crippen LogP contribution in [0, 0.1) is 13.8 Å².